The fourth-order valence-corrected chi connectivity index (χ4v) is 5.56. The molecule has 0 amide bonds. The van der Waals surface area contributed by atoms with Gasteiger partial charge in [-0.2, -0.15) is 0 Å². The van der Waals surface area contributed by atoms with Crippen LogP contribution in [-0.4, -0.2) is 37.2 Å². The van der Waals surface area contributed by atoms with E-state index in [0.29, 0.717) is 12.6 Å². The summed E-state index contributed by atoms with van der Waals surface area (Å²) in [6.45, 7) is 4.93. The second kappa shape index (κ2) is 8.53. The van der Waals surface area contributed by atoms with E-state index in [-0.39, 0.29) is 6.10 Å². The Labute approximate surface area is 172 Å². The predicted molar refractivity (Wildman–Crippen MR) is 112 cm³/mol. The molecule has 5 heteroatoms. The summed E-state index contributed by atoms with van der Waals surface area (Å²) in [5.74, 6) is 0. The molecule has 2 aromatic rings. The van der Waals surface area contributed by atoms with Gasteiger partial charge in [0.2, 0.25) is 0 Å². The Balaban J connectivity index is 1.55. The van der Waals surface area contributed by atoms with Gasteiger partial charge in [-0.25, -0.2) is 0 Å². The molecule has 26 heavy (non-hydrogen) atoms. The molecule has 138 valence electrons. The van der Waals surface area contributed by atoms with Crippen LogP contribution in [0.4, 0.5) is 0 Å². The normalized spacial score (nSPS) is 23.6. The summed E-state index contributed by atoms with van der Waals surface area (Å²) in [7, 11) is 0. The molecular formula is C21H24Br2N2O. The highest BCUT2D eigenvalue weighted by molar-refractivity contribution is 9.11. The Kier molecular flexibility index (Phi) is 6.11. The number of hydrogen-bond acceptors (Lipinski definition) is 3. The van der Waals surface area contributed by atoms with Gasteiger partial charge >= 0.3 is 0 Å². The molecular weight excluding hydrogens is 456 g/mol. The molecule has 1 aliphatic carbocycles. The van der Waals surface area contributed by atoms with E-state index in [1.807, 2.05) is 0 Å². The maximum atomic E-state index is 6.50. The Hall–Kier alpha value is -0.720. The smallest absolute Gasteiger partial charge is 0.0779 e. The largest absolute Gasteiger partial charge is 0.372 e. The molecule has 2 aliphatic rings. The van der Waals surface area contributed by atoms with Crippen LogP contribution in [0.2, 0.25) is 0 Å². The van der Waals surface area contributed by atoms with Crippen molar-refractivity contribution in [3.05, 3.63) is 68.1 Å². The van der Waals surface area contributed by atoms with Crippen LogP contribution >= 0.6 is 31.9 Å². The quantitative estimate of drug-likeness (QED) is 0.688. The molecule has 4 rings (SSSR count). The van der Waals surface area contributed by atoms with Gasteiger partial charge in [0.05, 0.1) is 18.8 Å². The zero-order chi connectivity index (χ0) is 17.9. The average Bonchev–Trinajstić information content (AvgIpc) is 2.66. The number of rotatable bonds is 4. The van der Waals surface area contributed by atoms with Crippen LogP contribution in [-0.2, 0) is 17.8 Å². The van der Waals surface area contributed by atoms with Crippen molar-refractivity contribution in [1.29, 1.82) is 0 Å². The zero-order valence-electron chi connectivity index (χ0n) is 14.8. The first-order chi connectivity index (χ1) is 12.7. The Bertz CT molecular complexity index is 741. The number of ether oxygens (including phenoxy) is 1. The second-order valence-corrected chi connectivity index (χ2v) is 8.93. The summed E-state index contributed by atoms with van der Waals surface area (Å²) in [5.41, 5.74) is 4.14. The van der Waals surface area contributed by atoms with E-state index >= 15 is 0 Å². The van der Waals surface area contributed by atoms with Gasteiger partial charge in [0.1, 0.15) is 0 Å². The van der Waals surface area contributed by atoms with E-state index in [0.717, 1.165) is 48.0 Å². The van der Waals surface area contributed by atoms with Gasteiger partial charge in [-0.05, 0) is 47.7 Å². The first-order valence-corrected chi connectivity index (χ1v) is 10.9. The molecule has 0 radical (unpaired) electrons. The van der Waals surface area contributed by atoms with Crippen LogP contribution in [0.25, 0.3) is 0 Å². The minimum absolute atomic E-state index is 0.237. The Morgan fingerprint density at radius 3 is 2.54 bits per heavy atom. The zero-order valence-corrected chi connectivity index (χ0v) is 17.9. The minimum atomic E-state index is 0.237. The Morgan fingerprint density at radius 2 is 1.77 bits per heavy atom. The molecule has 0 aromatic heterocycles. The molecule has 0 unspecified atom stereocenters. The highest BCUT2D eigenvalue weighted by Crippen LogP contribution is 2.37. The number of hydrogen-bond donors (Lipinski definition) is 1. The predicted octanol–water partition coefficient (Wildman–Crippen LogP) is 4.69. The number of nitrogens with one attached hydrogen (secondary N) is 1. The van der Waals surface area contributed by atoms with Crippen molar-refractivity contribution < 1.29 is 4.74 Å². The lowest BCUT2D eigenvalue weighted by Crippen LogP contribution is -2.49. The number of piperazine rings is 1. The molecule has 1 saturated heterocycles. The first-order valence-electron chi connectivity index (χ1n) is 9.30. The molecule has 0 saturated carbocycles. The van der Waals surface area contributed by atoms with Crippen molar-refractivity contribution >= 4 is 31.9 Å². The van der Waals surface area contributed by atoms with Gasteiger partial charge in [-0.1, -0.05) is 56.1 Å². The van der Waals surface area contributed by atoms with Crippen molar-refractivity contribution in [2.75, 3.05) is 26.2 Å². The molecule has 2 aromatic carbocycles. The van der Waals surface area contributed by atoms with Crippen LogP contribution in [0.15, 0.2) is 51.4 Å². The maximum Gasteiger partial charge on any atom is 0.0779 e. The molecule has 1 aliphatic heterocycles. The maximum absolute atomic E-state index is 6.50. The fraction of sp³-hybridized carbons (Fsp3) is 0.429. The number of fused-ring (bicyclic) bond motifs is 1. The van der Waals surface area contributed by atoms with E-state index in [4.69, 9.17) is 4.74 Å². The fourth-order valence-electron chi connectivity index (χ4n) is 4.17. The average molecular weight is 480 g/mol. The summed E-state index contributed by atoms with van der Waals surface area (Å²) in [4.78, 5) is 2.61. The lowest BCUT2D eigenvalue weighted by atomic mass is 9.84. The molecule has 1 N–H and O–H groups in total. The van der Waals surface area contributed by atoms with Crippen LogP contribution in [0.1, 0.15) is 29.2 Å². The highest BCUT2D eigenvalue weighted by Gasteiger charge is 2.35. The summed E-state index contributed by atoms with van der Waals surface area (Å²) in [6, 6.07) is 15.6. The van der Waals surface area contributed by atoms with E-state index in [2.05, 4.69) is 84.5 Å². The van der Waals surface area contributed by atoms with Crippen molar-refractivity contribution in [2.24, 2.45) is 0 Å². The summed E-state index contributed by atoms with van der Waals surface area (Å²) in [6.07, 6.45) is 2.42. The molecule has 1 heterocycles. The highest BCUT2D eigenvalue weighted by atomic mass is 79.9. The third-order valence-corrected chi connectivity index (χ3v) is 6.27. The van der Waals surface area contributed by atoms with Gasteiger partial charge in [0.15, 0.2) is 0 Å². The number of benzene rings is 2. The number of halogens is 2. The van der Waals surface area contributed by atoms with Crippen LogP contribution in [0, 0.1) is 0 Å². The molecule has 2 atom stereocenters. The summed E-state index contributed by atoms with van der Waals surface area (Å²) in [5, 5.41) is 3.47. The topological polar surface area (TPSA) is 24.5 Å². The van der Waals surface area contributed by atoms with Gasteiger partial charge in [-0.15, -0.1) is 0 Å². The first kappa shape index (κ1) is 18.6. The summed E-state index contributed by atoms with van der Waals surface area (Å²) >= 11 is 7.15. The molecule has 0 spiro atoms. The summed E-state index contributed by atoms with van der Waals surface area (Å²) < 4.78 is 8.66. The van der Waals surface area contributed by atoms with Crippen LogP contribution < -0.4 is 5.32 Å². The van der Waals surface area contributed by atoms with Gasteiger partial charge < -0.3 is 10.1 Å². The van der Waals surface area contributed by atoms with Crippen molar-refractivity contribution in [3.63, 3.8) is 0 Å². The lowest BCUT2D eigenvalue weighted by molar-refractivity contribution is -0.0378. The monoisotopic (exact) mass is 478 g/mol. The second-order valence-electron chi connectivity index (χ2n) is 7.10. The van der Waals surface area contributed by atoms with E-state index in [1.54, 1.807) is 0 Å². The third-order valence-electron chi connectivity index (χ3n) is 5.36. The van der Waals surface area contributed by atoms with Crippen molar-refractivity contribution in [3.8, 4) is 0 Å². The van der Waals surface area contributed by atoms with Crippen molar-refractivity contribution in [2.45, 2.75) is 31.6 Å². The van der Waals surface area contributed by atoms with Crippen LogP contribution in [0.3, 0.4) is 0 Å². The van der Waals surface area contributed by atoms with Gasteiger partial charge in [-0.3, -0.25) is 4.90 Å². The van der Waals surface area contributed by atoms with E-state index in [9.17, 15) is 0 Å². The van der Waals surface area contributed by atoms with Gasteiger partial charge in [0.25, 0.3) is 0 Å². The Morgan fingerprint density at radius 1 is 1.04 bits per heavy atom. The standard InChI is InChI=1S/C21H24Br2N2O/c22-17-11-15(12-18(23)13-17)14-26-20-6-5-16-3-1-2-4-19(16)21(20)25-9-7-24-8-10-25/h1-4,11-13,20-21,24H,5-10,14H2/t20-,21-/m1/s1. The molecule has 3 nitrogen and oxygen atoms in total. The van der Waals surface area contributed by atoms with Crippen molar-refractivity contribution in [1.82, 2.24) is 10.2 Å². The SMILES string of the molecule is Brc1cc(Br)cc(CO[C@@H]2CCc3ccccc3[C@H]2N2CCNCC2)c1. The lowest BCUT2D eigenvalue weighted by Gasteiger charge is -2.42. The molecule has 0 bridgehead atoms. The third kappa shape index (κ3) is 4.23. The van der Waals surface area contributed by atoms with E-state index < -0.39 is 0 Å². The molecule has 1 fully saturated rings. The number of aryl methyl sites for hydroxylation is 1. The minimum Gasteiger partial charge on any atom is -0.372 e. The van der Waals surface area contributed by atoms with E-state index in [1.165, 1.54) is 16.7 Å². The van der Waals surface area contributed by atoms with Gasteiger partial charge in [0, 0.05) is 35.1 Å². The van der Waals surface area contributed by atoms with Crippen LogP contribution in [0.5, 0.6) is 0 Å². The number of nitrogens with zero attached hydrogens (tertiary/aromatic N) is 1.